The third kappa shape index (κ3) is 5.15. The molecule has 31 heavy (non-hydrogen) atoms. The summed E-state index contributed by atoms with van der Waals surface area (Å²) in [4.78, 5) is 11.4. The van der Waals surface area contributed by atoms with E-state index in [1.807, 2.05) is 37.3 Å². The summed E-state index contributed by atoms with van der Waals surface area (Å²) in [6, 6.07) is 20.0. The summed E-state index contributed by atoms with van der Waals surface area (Å²) in [7, 11) is -3.86. The molecule has 162 valence electrons. The number of hydrogen-bond donors (Lipinski definition) is 1. The first-order chi connectivity index (χ1) is 14.7. The smallest absolute Gasteiger partial charge is 0.335 e. The standard InChI is InChI=1S/C24H24ClNO4S/c1-3-23(18-7-5-4-6-8-18)26(31(29,30)22-13-11-21(25)12-14-22)16-20-10-9-19(24(27)28)15-17(20)2/h4-15,23H,3,16H2,1-2H3,(H,27,28). The number of sulfonamides is 1. The molecule has 0 aliphatic carbocycles. The van der Waals surface area contributed by atoms with Gasteiger partial charge in [-0.2, -0.15) is 4.31 Å². The topological polar surface area (TPSA) is 74.7 Å². The SMILES string of the molecule is CCC(c1ccccc1)N(Cc1ccc(C(=O)O)cc1C)S(=O)(=O)c1ccc(Cl)cc1. The zero-order valence-corrected chi connectivity index (χ0v) is 18.9. The van der Waals surface area contributed by atoms with Crippen molar-refractivity contribution in [2.45, 2.75) is 37.8 Å². The van der Waals surface area contributed by atoms with E-state index < -0.39 is 16.0 Å². The van der Waals surface area contributed by atoms with E-state index in [1.54, 1.807) is 31.2 Å². The first kappa shape index (κ1) is 23.0. The Labute approximate surface area is 188 Å². The number of carboxylic acid groups (broad SMARTS) is 1. The third-order valence-corrected chi connectivity index (χ3v) is 7.38. The lowest BCUT2D eigenvalue weighted by Gasteiger charge is -2.31. The maximum absolute atomic E-state index is 13.7. The van der Waals surface area contributed by atoms with Crippen LogP contribution in [0.1, 0.15) is 46.4 Å². The zero-order valence-electron chi connectivity index (χ0n) is 17.3. The number of rotatable bonds is 8. The van der Waals surface area contributed by atoms with Crippen molar-refractivity contribution >= 4 is 27.6 Å². The second-order valence-electron chi connectivity index (χ2n) is 7.29. The molecule has 0 saturated heterocycles. The molecule has 0 aliphatic rings. The first-order valence-corrected chi connectivity index (χ1v) is 11.7. The summed E-state index contributed by atoms with van der Waals surface area (Å²) >= 11 is 5.96. The van der Waals surface area contributed by atoms with Gasteiger partial charge >= 0.3 is 5.97 Å². The molecule has 1 unspecified atom stereocenters. The maximum Gasteiger partial charge on any atom is 0.335 e. The van der Waals surface area contributed by atoms with Gasteiger partial charge in [-0.05, 0) is 66.4 Å². The lowest BCUT2D eigenvalue weighted by molar-refractivity contribution is 0.0696. The van der Waals surface area contributed by atoms with Crippen LogP contribution >= 0.6 is 11.6 Å². The van der Waals surface area contributed by atoms with E-state index in [2.05, 4.69) is 0 Å². The number of hydrogen-bond acceptors (Lipinski definition) is 3. The number of nitrogens with zero attached hydrogens (tertiary/aromatic N) is 1. The van der Waals surface area contributed by atoms with E-state index >= 15 is 0 Å². The summed E-state index contributed by atoms with van der Waals surface area (Å²) in [6.07, 6.45) is 0.573. The summed E-state index contributed by atoms with van der Waals surface area (Å²) in [5.41, 5.74) is 2.53. The minimum Gasteiger partial charge on any atom is -0.478 e. The molecular weight excluding hydrogens is 434 g/mol. The van der Waals surface area contributed by atoms with Crippen LogP contribution in [-0.4, -0.2) is 23.8 Å². The van der Waals surface area contributed by atoms with E-state index in [1.165, 1.54) is 22.5 Å². The molecule has 3 rings (SSSR count). The van der Waals surface area contributed by atoms with Crippen LogP contribution < -0.4 is 0 Å². The number of aryl methyl sites for hydroxylation is 1. The van der Waals surface area contributed by atoms with Gasteiger partial charge in [-0.3, -0.25) is 0 Å². The lowest BCUT2D eigenvalue weighted by atomic mass is 10.0. The molecular formula is C24H24ClNO4S. The fourth-order valence-corrected chi connectivity index (χ4v) is 5.35. The van der Waals surface area contributed by atoms with Gasteiger partial charge in [0.15, 0.2) is 0 Å². The summed E-state index contributed by atoms with van der Waals surface area (Å²) in [5, 5.41) is 9.70. The van der Waals surface area contributed by atoms with Crippen LogP contribution in [0.25, 0.3) is 0 Å². The van der Waals surface area contributed by atoms with Gasteiger partial charge < -0.3 is 5.11 Å². The average Bonchev–Trinajstić information content (AvgIpc) is 2.75. The number of halogens is 1. The fourth-order valence-electron chi connectivity index (χ4n) is 3.56. The lowest BCUT2D eigenvalue weighted by Crippen LogP contribution is -2.34. The fraction of sp³-hybridized carbons (Fsp3) is 0.208. The Balaban J connectivity index is 2.10. The van der Waals surface area contributed by atoms with E-state index in [0.717, 1.165) is 16.7 Å². The van der Waals surface area contributed by atoms with Gasteiger partial charge in [0, 0.05) is 11.6 Å². The average molecular weight is 458 g/mol. The number of benzene rings is 3. The summed E-state index contributed by atoms with van der Waals surface area (Å²) in [5.74, 6) is -1.02. The maximum atomic E-state index is 13.7. The van der Waals surface area contributed by atoms with E-state index in [0.29, 0.717) is 11.4 Å². The van der Waals surface area contributed by atoms with Crippen molar-refractivity contribution in [3.63, 3.8) is 0 Å². The number of aromatic carboxylic acids is 1. The molecule has 0 fully saturated rings. The molecule has 7 heteroatoms. The first-order valence-electron chi connectivity index (χ1n) is 9.89. The molecule has 3 aromatic rings. The van der Waals surface area contributed by atoms with E-state index in [4.69, 9.17) is 11.6 Å². The van der Waals surface area contributed by atoms with Crippen molar-refractivity contribution < 1.29 is 18.3 Å². The molecule has 0 radical (unpaired) electrons. The zero-order chi connectivity index (χ0) is 22.6. The Kier molecular flexibility index (Phi) is 7.15. The predicted molar refractivity (Wildman–Crippen MR) is 122 cm³/mol. The Morgan fingerprint density at radius 3 is 2.23 bits per heavy atom. The molecule has 0 aromatic heterocycles. The van der Waals surface area contributed by atoms with E-state index in [9.17, 15) is 18.3 Å². The third-order valence-electron chi connectivity index (χ3n) is 5.25. The van der Waals surface area contributed by atoms with Crippen LogP contribution in [0.2, 0.25) is 5.02 Å². The van der Waals surface area contributed by atoms with Gasteiger partial charge in [0.05, 0.1) is 16.5 Å². The van der Waals surface area contributed by atoms with Crippen molar-refractivity contribution in [3.8, 4) is 0 Å². The van der Waals surface area contributed by atoms with Gasteiger partial charge in [0.1, 0.15) is 0 Å². The molecule has 1 N–H and O–H groups in total. The largest absolute Gasteiger partial charge is 0.478 e. The Bertz CT molecular complexity index is 1160. The van der Waals surface area contributed by atoms with Gasteiger partial charge in [-0.25, -0.2) is 13.2 Å². The number of carboxylic acids is 1. The number of carbonyl (C=O) groups is 1. The molecule has 0 bridgehead atoms. The van der Waals surface area contributed by atoms with Crippen LogP contribution in [0, 0.1) is 6.92 Å². The van der Waals surface area contributed by atoms with Crippen LogP contribution in [0.15, 0.2) is 77.7 Å². The highest BCUT2D eigenvalue weighted by Crippen LogP contribution is 2.33. The minimum atomic E-state index is -3.86. The summed E-state index contributed by atoms with van der Waals surface area (Å²) < 4.78 is 28.9. The molecule has 5 nitrogen and oxygen atoms in total. The van der Waals surface area contributed by atoms with Gasteiger partial charge in [-0.15, -0.1) is 0 Å². The molecule has 3 aromatic carbocycles. The Morgan fingerprint density at radius 1 is 1.03 bits per heavy atom. The monoisotopic (exact) mass is 457 g/mol. The van der Waals surface area contributed by atoms with Crippen LogP contribution in [-0.2, 0) is 16.6 Å². The van der Waals surface area contributed by atoms with Gasteiger partial charge in [0.2, 0.25) is 10.0 Å². The quantitative estimate of drug-likeness (QED) is 0.471. The van der Waals surface area contributed by atoms with Crippen molar-refractivity contribution in [1.82, 2.24) is 4.31 Å². The van der Waals surface area contributed by atoms with Crippen molar-refractivity contribution in [2.24, 2.45) is 0 Å². The van der Waals surface area contributed by atoms with Crippen LogP contribution in [0.4, 0.5) is 0 Å². The molecule has 0 spiro atoms. The van der Waals surface area contributed by atoms with Crippen LogP contribution in [0.5, 0.6) is 0 Å². The van der Waals surface area contributed by atoms with Gasteiger partial charge in [-0.1, -0.05) is 54.9 Å². The van der Waals surface area contributed by atoms with Crippen LogP contribution in [0.3, 0.4) is 0 Å². The highest BCUT2D eigenvalue weighted by atomic mass is 35.5. The molecule has 0 saturated carbocycles. The minimum absolute atomic E-state index is 0.115. The van der Waals surface area contributed by atoms with Crippen molar-refractivity contribution in [3.05, 3.63) is 100 Å². The molecule has 0 heterocycles. The predicted octanol–water partition coefficient (Wildman–Crippen LogP) is 5.69. The Morgan fingerprint density at radius 2 is 1.68 bits per heavy atom. The Hall–Kier alpha value is -2.67. The second-order valence-corrected chi connectivity index (χ2v) is 9.61. The van der Waals surface area contributed by atoms with Crippen molar-refractivity contribution in [1.29, 1.82) is 0 Å². The highest BCUT2D eigenvalue weighted by molar-refractivity contribution is 7.89. The normalized spacial score (nSPS) is 12.6. The van der Waals surface area contributed by atoms with E-state index in [-0.39, 0.29) is 23.0 Å². The molecule has 0 aliphatic heterocycles. The van der Waals surface area contributed by atoms with Crippen molar-refractivity contribution in [2.75, 3.05) is 0 Å². The highest BCUT2D eigenvalue weighted by Gasteiger charge is 2.32. The second kappa shape index (κ2) is 9.64. The molecule has 1 atom stereocenters. The molecule has 0 amide bonds. The van der Waals surface area contributed by atoms with Gasteiger partial charge in [0.25, 0.3) is 0 Å². The summed E-state index contributed by atoms with van der Waals surface area (Å²) in [6.45, 7) is 3.85.